The van der Waals surface area contributed by atoms with Crippen LogP contribution in [0.4, 0.5) is 15.8 Å². The molecule has 0 fully saturated rings. The largest absolute Gasteiger partial charge is 0.504 e. The summed E-state index contributed by atoms with van der Waals surface area (Å²) >= 11 is 0. The smallest absolute Gasteiger partial charge is 0.255 e. The highest BCUT2D eigenvalue weighted by molar-refractivity contribution is 6.11. The van der Waals surface area contributed by atoms with Crippen molar-refractivity contribution in [2.24, 2.45) is 0 Å². The molecule has 184 valence electrons. The van der Waals surface area contributed by atoms with Crippen LogP contribution in [0.2, 0.25) is 0 Å². The molecule has 1 unspecified atom stereocenters. The summed E-state index contributed by atoms with van der Waals surface area (Å²) in [5.41, 5.74) is 2.41. The maximum atomic E-state index is 14.0. The number of ether oxygens (including phenoxy) is 1. The third-order valence-corrected chi connectivity index (χ3v) is 6.88. The summed E-state index contributed by atoms with van der Waals surface area (Å²) < 4.78 is 19.2. The van der Waals surface area contributed by atoms with Gasteiger partial charge < -0.3 is 25.2 Å². The van der Waals surface area contributed by atoms with E-state index < -0.39 is 11.2 Å². The van der Waals surface area contributed by atoms with Crippen LogP contribution < -0.4 is 15.0 Å². The number of phenols is 2. The Balaban J connectivity index is 1.28. The first kappa shape index (κ1) is 22.6. The summed E-state index contributed by atoms with van der Waals surface area (Å²) in [6.45, 7) is 0.305. The van der Waals surface area contributed by atoms with Crippen molar-refractivity contribution in [2.45, 2.75) is 12.0 Å². The van der Waals surface area contributed by atoms with E-state index in [1.54, 1.807) is 35.2 Å². The first-order chi connectivity index (χ1) is 17.9. The summed E-state index contributed by atoms with van der Waals surface area (Å²) in [5.74, 6) is -1.29. The van der Waals surface area contributed by atoms with Gasteiger partial charge in [-0.1, -0.05) is 36.4 Å². The molecule has 8 heteroatoms. The van der Waals surface area contributed by atoms with E-state index in [0.29, 0.717) is 22.6 Å². The zero-order chi connectivity index (χ0) is 25.7. The Morgan fingerprint density at radius 1 is 0.946 bits per heavy atom. The third kappa shape index (κ3) is 3.57. The number of rotatable bonds is 4. The van der Waals surface area contributed by atoms with Crippen LogP contribution in [0.3, 0.4) is 0 Å². The standard InChI is InChI=1S/C29H21FN2O5/c30-19-4-3-5-20(12-19)31-27(35)18-10-8-17(9-11-18)15-32-23-7-2-1-6-21(23)29(28(32)36)16-37-26-14-25(34)24(33)13-22(26)29/h1-14,33-34H,15-16H2,(H,31,35). The van der Waals surface area contributed by atoms with Crippen molar-refractivity contribution in [1.82, 2.24) is 0 Å². The van der Waals surface area contributed by atoms with Crippen LogP contribution in [-0.2, 0) is 16.8 Å². The SMILES string of the molecule is O=C(Nc1cccc(F)c1)c1ccc(CN2C(=O)C3(COc4cc(O)c(O)cc43)c3ccccc32)cc1. The van der Waals surface area contributed by atoms with Gasteiger partial charge in [-0.15, -0.1) is 0 Å². The second kappa shape index (κ2) is 8.37. The molecule has 0 aliphatic carbocycles. The van der Waals surface area contributed by atoms with Crippen molar-refractivity contribution < 1.29 is 28.9 Å². The van der Waals surface area contributed by atoms with Crippen molar-refractivity contribution in [3.05, 3.63) is 113 Å². The topological polar surface area (TPSA) is 99.1 Å². The molecule has 7 nitrogen and oxygen atoms in total. The van der Waals surface area contributed by atoms with Crippen LogP contribution in [0.15, 0.2) is 84.9 Å². The van der Waals surface area contributed by atoms with Gasteiger partial charge in [-0.2, -0.15) is 0 Å². The molecule has 2 heterocycles. The number of benzene rings is 4. The quantitative estimate of drug-likeness (QED) is 0.355. The molecule has 0 saturated heterocycles. The normalized spacial score (nSPS) is 17.4. The van der Waals surface area contributed by atoms with E-state index in [0.717, 1.165) is 16.8 Å². The van der Waals surface area contributed by atoms with E-state index in [4.69, 9.17) is 4.74 Å². The molecule has 6 rings (SSSR count). The summed E-state index contributed by atoms with van der Waals surface area (Å²) in [7, 11) is 0. The fraction of sp³-hybridized carbons (Fsp3) is 0.103. The zero-order valence-corrected chi connectivity index (χ0v) is 19.4. The average molecular weight is 496 g/mol. The van der Waals surface area contributed by atoms with Gasteiger partial charge in [0.15, 0.2) is 11.5 Å². The van der Waals surface area contributed by atoms with E-state index in [1.807, 2.05) is 24.3 Å². The summed E-state index contributed by atoms with van der Waals surface area (Å²) in [5, 5.41) is 22.7. The Hall–Kier alpha value is -4.85. The summed E-state index contributed by atoms with van der Waals surface area (Å²) in [4.78, 5) is 28.2. The number of nitrogens with zero attached hydrogens (tertiary/aromatic N) is 1. The molecule has 0 aromatic heterocycles. The molecule has 0 saturated carbocycles. The van der Waals surface area contributed by atoms with Crippen LogP contribution in [-0.4, -0.2) is 28.6 Å². The average Bonchev–Trinajstić information content (AvgIpc) is 3.36. The van der Waals surface area contributed by atoms with Gasteiger partial charge in [-0.3, -0.25) is 9.59 Å². The Kier molecular flexibility index (Phi) is 5.12. The lowest BCUT2D eigenvalue weighted by molar-refractivity contribution is -0.122. The molecular formula is C29H21FN2O5. The van der Waals surface area contributed by atoms with Gasteiger partial charge in [0.2, 0.25) is 5.91 Å². The number of halogens is 1. The molecule has 1 atom stereocenters. The van der Waals surface area contributed by atoms with Gasteiger partial charge in [0.1, 0.15) is 23.6 Å². The van der Waals surface area contributed by atoms with Gasteiger partial charge in [-0.05, 0) is 53.6 Å². The highest BCUT2D eigenvalue weighted by Crippen LogP contribution is 2.54. The number of carbonyl (C=O) groups is 2. The number of para-hydroxylation sites is 1. The Bertz CT molecular complexity index is 1570. The van der Waals surface area contributed by atoms with Crippen molar-refractivity contribution >= 4 is 23.2 Å². The second-order valence-corrected chi connectivity index (χ2v) is 9.10. The molecule has 37 heavy (non-hydrogen) atoms. The zero-order valence-electron chi connectivity index (χ0n) is 19.4. The lowest BCUT2D eigenvalue weighted by atomic mass is 9.77. The third-order valence-electron chi connectivity index (χ3n) is 6.88. The molecule has 4 aromatic carbocycles. The molecule has 2 amide bonds. The number of amides is 2. The second-order valence-electron chi connectivity index (χ2n) is 9.10. The maximum Gasteiger partial charge on any atom is 0.255 e. The van der Waals surface area contributed by atoms with Crippen LogP contribution in [0.25, 0.3) is 0 Å². The minimum Gasteiger partial charge on any atom is -0.504 e. The number of hydrogen-bond donors (Lipinski definition) is 3. The molecule has 2 aliphatic rings. The van der Waals surface area contributed by atoms with E-state index in [1.165, 1.54) is 30.3 Å². The van der Waals surface area contributed by atoms with Gasteiger partial charge in [0, 0.05) is 28.6 Å². The maximum absolute atomic E-state index is 14.0. The van der Waals surface area contributed by atoms with Crippen molar-refractivity contribution in [3.63, 3.8) is 0 Å². The number of hydrogen-bond acceptors (Lipinski definition) is 5. The van der Waals surface area contributed by atoms with E-state index >= 15 is 0 Å². The van der Waals surface area contributed by atoms with Gasteiger partial charge in [0.05, 0.1) is 6.54 Å². The predicted molar refractivity (Wildman–Crippen MR) is 134 cm³/mol. The number of carbonyl (C=O) groups excluding carboxylic acids is 2. The van der Waals surface area contributed by atoms with Gasteiger partial charge in [-0.25, -0.2) is 4.39 Å². The van der Waals surface area contributed by atoms with Gasteiger partial charge in [0.25, 0.3) is 5.91 Å². The minimum absolute atomic E-state index is 0.0523. The minimum atomic E-state index is -1.14. The van der Waals surface area contributed by atoms with E-state index in [9.17, 15) is 24.2 Å². The lowest BCUT2D eigenvalue weighted by Crippen LogP contribution is -2.42. The molecule has 2 aliphatic heterocycles. The number of nitrogens with one attached hydrogen (secondary N) is 1. The Morgan fingerprint density at radius 3 is 2.49 bits per heavy atom. The molecule has 0 bridgehead atoms. The monoisotopic (exact) mass is 496 g/mol. The number of aromatic hydroxyl groups is 2. The van der Waals surface area contributed by atoms with E-state index in [-0.39, 0.29) is 36.5 Å². The predicted octanol–water partition coefficient (Wildman–Crippen LogP) is 4.71. The summed E-state index contributed by atoms with van der Waals surface area (Å²) in [6.07, 6.45) is 0. The first-order valence-electron chi connectivity index (χ1n) is 11.6. The molecule has 0 radical (unpaired) electrons. The molecule has 4 aromatic rings. The highest BCUT2D eigenvalue weighted by Gasteiger charge is 2.57. The molecular weight excluding hydrogens is 475 g/mol. The lowest BCUT2D eigenvalue weighted by Gasteiger charge is -2.23. The number of fused-ring (bicyclic) bond motifs is 4. The van der Waals surface area contributed by atoms with Crippen LogP contribution in [0.1, 0.15) is 27.0 Å². The summed E-state index contributed by atoms with van der Waals surface area (Å²) in [6, 6.07) is 22.7. The molecule has 3 N–H and O–H groups in total. The van der Waals surface area contributed by atoms with Crippen molar-refractivity contribution in [3.8, 4) is 17.2 Å². The van der Waals surface area contributed by atoms with Crippen molar-refractivity contribution in [2.75, 3.05) is 16.8 Å². The fourth-order valence-electron chi connectivity index (χ4n) is 5.07. The Labute approximate surface area is 211 Å². The fourth-order valence-corrected chi connectivity index (χ4v) is 5.07. The van der Waals surface area contributed by atoms with Crippen molar-refractivity contribution in [1.29, 1.82) is 0 Å². The number of phenolic OH excluding ortho intramolecular Hbond substituents is 2. The van der Waals surface area contributed by atoms with Crippen LogP contribution in [0.5, 0.6) is 17.2 Å². The molecule has 1 spiro atoms. The first-order valence-corrected chi connectivity index (χ1v) is 11.6. The highest BCUT2D eigenvalue weighted by atomic mass is 19.1. The van der Waals surface area contributed by atoms with Crippen LogP contribution in [0, 0.1) is 5.82 Å². The Morgan fingerprint density at radius 2 is 1.70 bits per heavy atom. The van der Waals surface area contributed by atoms with Gasteiger partial charge >= 0.3 is 0 Å². The van der Waals surface area contributed by atoms with Crippen LogP contribution >= 0.6 is 0 Å². The number of anilines is 2. The van der Waals surface area contributed by atoms with E-state index in [2.05, 4.69) is 5.32 Å².